The van der Waals surface area contributed by atoms with Crippen molar-refractivity contribution >= 4 is 24.0 Å². The maximum Gasteiger partial charge on any atom is 0.244 e. The van der Waals surface area contributed by atoms with Crippen LogP contribution in [0.25, 0.3) is 12.2 Å². The predicted molar refractivity (Wildman–Crippen MR) is 105 cm³/mol. The second-order valence-electron chi connectivity index (χ2n) is 7.16. The predicted octanol–water partition coefficient (Wildman–Crippen LogP) is 3.47. The van der Waals surface area contributed by atoms with Crippen LogP contribution in [0.3, 0.4) is 0 Å². The molecule has 0 aliphatic heterocycles. The molecule has 0 aliphatic carbocycles. The van der Waals surface area contributed by atoms with Gasteiger partial charge in [0.25, 0.3) is 0 Å². The number of hydrogen-bond donors (Lipinski definition) is 2. The van der Waals surface area contributed by atoms with Crippen molar-refractivity contribution in [2.24, 2.45) is 5.41 Å². The summed E-state index contributed by atoms with van der Waals surface area (Å²) in [4.78, 5) is 23.8. The Hall–Kier alpha value is -3.02. The number of amides is 2. The average molecular weight is 370 g/mol. The van der Waals surface area contributed by atoms with Crippen LogP contribution in [0.15, 0.2) is 45.3 Å². The van der Waals surface area contributed by atoms with E-state index in [1.165, 1.54) is 12.2 Å². The highest BCUT2D eigenvalue weighted by atomic mass is 16.3. The highest BCUT2D eigenvalue weighted by molar-refractivity contribution is 5.92. The van der Waals surface area contributed by atoms with Crippen LogP contribution in [0.2, 0.25) is 0 Å². The van der Waals surface area contributed by atoms with E-state index in [1.54, 1.807) is 24.3 Å². The van der Waals surface area contributed by atoms with E-state index in [-0.39, 0.29) is 17.2 Å². The summed E-state index contributed by atoms with van der Waals surface area (Å²) in [5.74, 6) is 2.43. The summed E-state index contributed by atoms with van der Waals surface area (Å²) in [7, 11) is 0. The van der Waals surface area contributed by atoms with Crippen LogP contribution in [0.5, 0.6) is 0 Å². The zero-order valence-corrected chi connectivity index (χ0v) is 16.2. The fourth-order valence-corrected chi connectivity index (χ4v) is 2.23. The Labute approximate surface area is 159 Å². The average Bonchev–Trinajstić information content (AvgIpc) is 3.22. The highest BCUT2D eigenvalue weighted by Gasteiger charge is 2.19. The van der Waals surface area contributed by atoms with Gasteiger partial charge in [0.05, 0.1) is 0 Å². The van der Waals surface area contributed by atoms with Gasteiger partial charge in [-0.25, -0.2) is 0 Å². The van der Waals surface area contributed by atoms with Crippen molar-refractivity contribution < 1.29 is 18.4 Å². The monoisotopic (exact) mass is 370 g/mol. The van der Waals surface area contributed by atoms with Crippen LogP contribution in [-0.4, -0.2) is 24.9 Å². The first kappa shape index (κ1) is 20.3. The standard InChI is InChI=1S/C21H26N2O4/c1-15-5-7-17(26-15)9-11-19(24)22-13-21(3,4)14-23-20(25)12-10-18-8-6-16(2)27-18/h5-12H,13-14H2,1-4H3,(H,22,24)(H,23,25)/b11-9+,12-10+. The lowest BCUT2D eigenvalue weighted by Crippen LogP contribution is -2.41. The minimum Gasteiger partial charge on any atom is -0.462 e. The molecule has 27 heavy (non-hydrogen) atoms. The number of carbonyl (C=O) groups is 2. The molecular formula is C21H26N2O4. The van der Waals surface area contributed by atoms with Crippen LogP contribution >= 0.6 is 0 Å². The second-order valence-corrected chi connectivity index (χ2v) is 7.16. The molecule has 0 bridgehead atoms. The molecule has 6 heteroatoms. The van der Waals surface area contributed by atoms with Gasteiger partial charge in [-0.05, 0) is 55.7 Å². The molecule has 6 nitrogen and oxygen atoms in total. The van der Waals surface area contributed by atoms with Crippen molar-refractivity contribution in [1.29, 1.82) is 0 Å². The lowest BCUT2D eigenvalue weighted by Gasteiger charge is -2.24. The highest BCUT2D eigenvalue weighted by Crippen LogP contribution is 2.12. The third kappa shape index (κ3) is 7.40. The van der Waals surface area contributed by atoms with Gasteiger partial charge in [-0.1, -0.05) is 13.8 Å². The summed E-state index contributed by atoms with van der Waals surface area (Å²) in [6, 6.07) is 7.28. The lowest BCUT2D eigenvalue weighted by molar-refractivity contribution is -0.116. The van der Waals surface area contributed by atoms with Gasteiger partial charge in [-0.3, -0.25) is 9.59 Å². The number of hydrogen-bond acceptors (Lipinski definition) is 4. The Morgan fingerprint density at radius 2 is 1.26 bits per heavy atom. The molecule has 2 rings (SSSR count). The minimum atomic E-state index is -0.296. The molecule has 2 aromatic heterocycles. The van der Waals surface area contributed by atoms with Crippen molar-refractivity contribution in [3.05, 3.63) is 59.5 Å². The van der Waals surface area contributed by atoms with E-state index in [0.29, 0.717) is 24.6 Å². The van der Waals surface area contributed by atoms with E-state index >= 15 is 0 Å². The van der Waals surface area contributed by atoms with Gasteiger partial charge in [0, 0.05) is 25.2 Å². The molecule has 144 valence electrons. The van der Waals surface area contributed by atoms with Crippen molar-refractivity contribution in [2.45, 2.75) is 27.7 Å². The smallest absolute Gasteiger partial charge is 0.244 e. The van der Waals surface area contributed by atoms with Gasteiger partial charge in [-0.2, -0.15) is 0 Å². The number of carbonyl (C=O) groups excluding carboxylic acids is 2. The number of aryl methyl sites for hydroxylation is 2. The van der Waals surface area contributed by atoms with Crippen LogP contribution in [-0.2, 0) is 9.59 Å². The molecule has 0 saturated carbocycles. The number of nitrogens with one attached hydrogen (secondary N) is 2. The molecule has 0 aliphatic rings. The minimum absolute atomic E-state index is 0.212. The Morgan fingerprint density at radius 3 is 1.59 bits per heavy atom. The normalized spacial score (nSPS) is 12.0. The first-order valence-corrected chi connectivity index (χ1v) is 8.78. The molecule has 2 N–H and O–H groups in total. The quantitative estimate of drug-likeness (QED) is 0.697. The molecule has 0 unspecified atom stereocenters. The molecule has 2 amide bonds. The fraction of sp³-hybridized carbons (Fsp3) is 0.333. The number of furan rings is 2. The molecule has 0 aromatic carbocycles. The topological polar surface area (TPSA) is 84.5 Å². The summed E-state index contributed by atoms with van der Waals surface area (Å²) < 4.78 is 10.7. The maximum absolute atomic E-state index is 11.9. The molecular weight excluding hydrogens is 344 g/mol. The summed E-state index contributed by atoms with van der Waals surface area (Å²) in [5.41, 5.74) is -0.296. The first-order valence-electron chi connectivity index (χ1n) is 8.78. The third-order valence-corrected chi connectivity index (χ3v) is 3.80. The van der Waals surface area contributed by atoms with E-state index in [9.17, 15) is 9.59 Å². The molecule has 0 fully saturated rings. The van der Waals surface area contributed by atoms with Crippen LogP contribution in [0, 0.1) is 19.3 Å². The van der Waals surface area contributed by atoms with Gasteiger partial charge in [0.2, 0.25) is 11.8 Å². The van der Waals surface area contributed by atoms with E-state index in [1.807, 2.05) is 39.8 Å². The molecule has 0 spiro atoms. The first-order chi connectivity index (χ1) is 12.7. The van der Waals surface area contributed by atoms with Gasteiger partial charge in [0.15, 0.2) is 0 Å². The Kier molecular flexibility index (Phi) is 6.82. The molecule has 0 saturated heterocycles. The fourth-order valence-electron chi connectivity index (χ4n) is 2.23. The Morgan fingerprint density at radius 1 is 0.852 bits per heavy atom. The number of rotatable bonds is 8. The SMILES string of the molecule is Cc1ccc(/C=C/C(=O)NCC(C)(C)CNC(=O)/C=C/c2ccc(C)o2)o1. The summed E-state index contributed by atoms with van der Waals surface area (Å²) in [6.07, 6.45) is 6.11. The Bertz CT molecular complexity index is 772. The lowest BCUT2D eigenvalue weighted by atomic mass is 9.93. The van der Waals surface area contributed by atoms with E-state index in [0.717, 1.165) is 11.5 Å². The molecule has 2 aromatic rings. The Balaban J connectivity index is 1.73. The largest absolute Gasteiger partial charge is 0.462 e. The van der Waals surface area contributed by atoms with Gasteiger partial charge in [-0.15, -0.1) is 0 Å². The van der Waals surface area contributed by atoms with Crippen molar-refractivity contribution in [1.82, 2.24) is 10.6 Å². The van der Waals surface area contributed by atoms with Crippen LogP contribution in [0.4, 0.5) is 0 Å². The molecule has 2 heterocycles. The summed E-state index contributed by atoms with van der Waals surface area (Å²) in [6.45, 7) is 8.47. The van der Waals surface area contributed by atoms with E-state index in [4.69, 9.17) is 8.83 Å². The third-order valence-electron chi connectivity index (χ3n) is 3.80. The van der Waals surface area contributed by atoms with Gasteiger partial charge in [0.1, 0.15) is 23.0 Å². The van der Waals surface area contributed by atoms with Gasteiger partial charge >= 0.3 is 0 Å². The van der Waals surface area contributed by atoms with Crippen LogP contribution < -0.4 is 10.6 Å². The zero-order valence-electron chi connectivity index (χ0n) is 16.2. The van der Waals surface area contributed by atoms with E-state index < -0.39 is 0 Å². The molecule has 0 atom stereocenters. The molecule has 0 radical (unpaired) electrons. The maximum atomic E-state index is 11.9. The zero-order chi connectivity index (χ0) is 19.9. The summed E-state index contributed by atoms with van der Waals surface area (Å²) >= 11 is 0. The van der Waals surface area contributed by atoms with Gasteiger partial charge < -0.3 is 19.5 Å². The van der Waals surface area contributed by atoms with E-state index in [2.05, 4.69) is 10.6 Å². The van der Waals surface area contributed by atoms with Crippen molar-refractivity contribution in [2.75, 3.05) is 13.1 Å². The summed E-state index contributed by atoms with van der Waals surface area (Å²) in [5, 5.41) is 5.67. The van der Waals surface area contributed by atoms with Crippen LogP contribution in [0.1, 0.15) is 36.9 Å². The second kappa shape index (κ2) is 9.07. The van der Waals surface area contributed by atoms with Crippen molar-refractivity contribution in [3.63, 3.8) is 0 Å². The van der Waals surface area contributed by atoms with Crippen molar-refractivity contribution in [3.8, 4) is 0 Å².